The molecule has 0 saturated heterocycles. The number of nitrogens with zero attached hydrogens (tertiary/aromatic N) is 4. The summed E-state index contributed by atoms with van der Waals surface area (Å²) >= 11 is 1.63. The van der Waals surface area contributed by atoms with Crippen LogP contribution >= 0.6 is 11.3 Å². The fourth-order valence-electron chi connectivity index (χ4n) is 3.19. The average Bonchev–Trinajstić information content (AvgIpc) is 3.20. The minimum Gasteiger partial charge on any atom is -0.363 e. The number of nitrogens with one attached hydrogen (secondary N) is 1. The monoisotopic (exact) mass is 361 g/mol. The molecule has 0 bridgehead atoms. The van der Waals surface area contributed by atoms with Crippen molar-refractivity contribution >= 4 is 27.4 Å². The van der Waals surface area contributed by atoms with E-state index in [0.29, 0.717) is 6.04 Å². The first-order valence-corrected chi connectivity index (χ1v) is 9.74. The van der Waals surface area contributed by atoms with E-state index < -0.39 is 0 Å². The molecule has 5 rings (SSSR count). The van der Waals surface area contributed by atoms with Crippen molar-refractivity contribution < 1.29 is 0 Å². The van der Waals surface area contributed by atoms with Gasteiger partial charge in [-0.05, 0) is 36.8 Å². The van der Waals surface area contributed by atoms with Gasteiger partial charge in [-0.1, -0.05) is 24.3 Å². The predicted molar refractivity (Wildman–Crippen MR) is 105 cm³/mol. The zero-order valence-electron chi connectivity index (χ0n) is 14.5. The highest BCUT2D eigenvalue weighted by Gasteiger charge is 2.23. The van der Waals surface area contributed by atoms with Crippen molar-refractivity contribution in [1.29, 1.82) is 0 Å². The van der Waals surface area contributed by atoms with E-state index in [9.17, 15) is 0 Å². The molecule has 1 aromatic carbocycles. The minimum atomic E-state index is 0.158. The Bertz CT molecular complexity index is 1050. The zero-order valence-corrected chi connectivity index (χ0v) is 15.3. The average molecular weight is 361 g/mol. The Morgan fingerprint density at radius 3 is 2.77 bits per heavy atom. The molecule has 4 aromatic rings. The van der Waals surface area contributed by atoms with Crippen LogP contribution in [0.4, 0.5) is 5.82 Å². The molecule has 0 amide bonds. The van der Waals surface area contributed by atoms with Crippen LogP contribution < -0.4 is 5.32 Å². The molecule has 0 spiro atoms. The van der Waals surface area contributed by atoms with Gasteiger partial charge in [0.2, 0.25) is 0 Å². The normalized spacial score (nSPS) is 15.3. The van der Waals surface area contributed by atoms with Gasteiger partial charge in [-0.25, -0.2) is 15.0 Å². The standard InChI is InChI=1S/C20H19N5S/c1-13(24-19-17-8-9-26-20(17)22-11-21-19)14-2-4-15(5-3-14)18-10-25(12-23-18)16-6-7-16/h2-5,8-13,16H,6-7H2,1H3,(H,21,22,24)/t13-/m0/s1. The van der Waals surface area contributed by atoms with Gasteiger partial charge in [0, 0.05) is 23.8 Å². The molecule has 1 fully saturated rings. The number of anilines is 1. The van der Waals surface area contributed by atoms with Gasteiger partial charge >= 0.3 is 0 Å². The SMILES string of the molecule is C[C@H](Nc1ncnc2sccc12)c1ccc(-c2cn(C3CC3)cn2)cc1. The molecule has 5 nitrogen and oxygen atoms in total. The van der Waals surface area contributed by atoms with E-state index in [1.54, 1.807) is 17.7 Å². The molecule has 1 aliphatic rings. The first-order chi connectivity index (χ1) is 12.8. The lowest BCUT2D eigenvalue weighted by molar-refractivity contribution is 0.741. The Morgan fingerprint density at radius 2 is 1.96 bits per heavy atom. The predicted octanol–water partition coefficient (Wildman–Crippen LogP) is 5.06. The number of fused-ring (bicyclic) bond motifs is 1. The summed E-state index contributed by atoms with van der Waals surface area (Å²) in [5, 5.41) is 6.63. The summed E-state index contributed by atoms with van der Waals surface area (Å²) in [5.74, 6) is 0.885. The van der Waals surface area contributed by atoms with Crippen molar-refractivity contribution in [1.82, 2.24) is 19.5 Å². The summed E-state index contributed by atoms with van der Waals surface area (Å²) in [7, 11) is 0. The second-order valence-electron chi connectivity index (χ2n) is 6.79. The first-order valence-electron chi connectivity index (χ1n) is 8.86. The van der Waals surface area contributed by atoms with Crippen molar-refractivity contribution in [3.05, 3.63) is 60.1 Å². The van der Waals surface area contributed by atoms with Gasteiger partial charge in [0.05, 0.1) is 17.4 Å². The molecule has 0 radical (unpaired) electrons. The maximum atomic E-state index is 4.55. The van der Waals surface area contributed by atoms with Crippen LogP contribution in [0, 0.1) is 0 Å². The van der Waals surface area contributed by atoms with Gasteiger partial charge < -0.3 is 9.88 Å². The molecule has 0 unspecified atom stereocenters. The number of benzene rings is 1. The molecule has 0 aliphatic heterocycles. The largest absolute Gasteiger partial charge is 0.363 e. The van der Waals surface area contributed by atoms with E-state index >= 15 is 0 Å². The van der Waals surface area contributed by atoms with Crippen LogP contribution in [0.3, 0.4) is 0 Å². The van der Waals surface area contributed by atoms with Crippen LogP contribution in [0.2, 0.25) is 0 Å². The van der Waals surface area contributed by atoms with E-state index in [1.807, 2.05) is 11.7 Å². The number of hydrogen-bond acceptors (Lipinski definition) is 5. The molecule has 130 valence electrons. The Labute approximate surface area is 155 Å². The van der Waals surface area contributed by atoms with Gasteiger partial charge in [-0.2, -0.15) is 0 Å². The van der Waals surface area contributed by atoms with E-state index in [-0.39, 0.29) is 6.04 Å². The number of hydrogen-bond donors (Lipinski definition) is 1. The van der Waals surface area contributed by atoms with Gasteiger partial charge in [0.1, 0.15) is 17.0 Å². The highest BCUT2D eigenvalue weighted by Crippen LogP contribution is 2.35. The van der Waals surface area contributed by atoms with Gasteiger partial charge in [-0.3, -0.25) is 0 Å². The molecule has 1 atom stereocenters. The van der Waals surface area contributed by atoms with Crippen LogP contribution in [0.25, 0.3) is 21.5 Å². The third-order valence-corrected chi connectivity index (χ3v) is 5.71. The molecule has 1 saturated carbocycles. The van der Waals surface area contributed by atoms with Gasteiger partial charge in [-0.15, -0.1) is 11.3 Å². The summed E-state index contributed by atoms with van der Waals surface area (Å²) in [6.45, 7) is 2.15. The molecule has 3 heterocycles. The molecule has 1 aliphatic carbocycles. The lowest BCUT2D eigenvalue weighted by Crippen LogP contribution is -2.08. The van der Waals surface area contributed by atoms with E-state index in [1.165, 1.54) is 18.4 Å². The van der Waals surface area contributed by atoms with Crippen LogP contribution in [0.5, 0.6) is 0 Å². The van der Waals surface area contributed by atoms with Crippen LogP contribution in [-0.4, -0.2) is 19.5 Å². The van der Waals surface area contributed by atoms with Gasteiger partial charge in [0.25, 0.3) is 0 Å². The quantitative estimate of drug-likeness (QED) is 0.540. The Morgan fingerprint density at radius 1 is 1.12 bits per heavy atom. The molecule has 1 N–H and O–H groups in total. The van der Waals surface area contributed by atoms with Crippen LogP contribution in [-0.2, 0) is 0 Å². The van der Waals surface area contributed by atoms with Crippen molar-refractivity contribution in [2.75, 3.05) is 5.32 Å². The number of aromatic nitrogens is 4. The van der Waals surface area contributed by atoms with Crippen molar-refractivity contribution in [2.45, 2.75) is 31.8 Å². The van der Waals surface area contributed by atoms with Gasteiger partial charge in [0.15, 0.2) is 0 Å². The zero-order chi connectivity index (χ0) is 17.5. The molecule has 26 heavy (non-hydrogen) atoms. The number of thiophene rings is 1. The molecule has 6 heteroatoms. The van der Waals surface area contributed by atoms with E-state index in [4.69, 9.17) is 0 Å². The van der Waals surface area contributed by atoms with Crippen molar-refractivity contribution in [3.8, 4) is 11.3 Å². The van der Waals surface area contributed by atoms with Crippen molar-refractivity contribution in [3.63, 3.8) is 0 Å². The summed E-state index contributed by atoms with van der Waals surface area (Å²) in [6, 6.07) is 11.5. The molecule has 3 aromatic heterocycles. The molecular weight excluding hydrogens is 342 g/mol. The third-order valence-electron chi connectivity index (χ3n) is 4.89. The summed E-state index contributed by atoms with van der Waals surface area (Å²) in [6.07, 6.45) is 8.28. The van der Waals surface area contributed by atoms with Crippen molar-refractivity contribution in [2.24, 2.45) is 0 Å². The Balaban J connectivity index is 1.35. The molecular formula is C20H19N5S. The second-order valence-corrected chi connectivity index (χ2v) is 7.68. The summed E-state index contributed by atoms with van der Waals surface area (Å²) < 4.78 is 2.23. The number of imidazole rings is 1. The second kappa shape index (κ2) is 6.21. The lowest BCUT2D eigenvalue weighted by atomic mass is 10.0. The van der Waals surface area contributed by atoms with E-state index in [2.05, 4.69) is 68.3 Å². The highest BCUT2D eigenvalue weighted by atomic mass is 32.1. The Hall–Kier alpha value is -2.73. The first kappa shape index (κ1) is 15.5. The summed E-state index contributed by atoms with van der Waals surface area (Å²) in [5.41, 5.74) is 3.42. The van der Waals surface area contributed by atoms with E-state index in [0.717, 1.165) is 27.3 Å². The van der Waals surface area contributed by atoms with Crippen LogP contribution in [0.1, 0.15) is 37.4 Å². The minimum absolute atomic E-state index is 0.158. The summed E-state index contributed by atoms with van der Waals surface area (Å²) in [4.78, 5) is 14.3. The topological polar surface area (TPSA) is 55.6 Å². The fraction of sp³-hybridized carbons (Fsp3) is 0.250. The Kier molecular flexibility index (Phi) is 3.71. The van der Waals surface area contributed by atoms with Crippen LogP contribution in [0.15, 0.2) is 54.6 Å². The maximum Gasteiger partial charge on any atom is 0.138 e. The fourth-order valence-corrected chi connectivity index (χ4v) is 3.93. The smallest absolute Gasteiger partial charge is 0.138 e. The number of rotatable bonds is 5. The lowest BCUT2D eigenvalue weighted by Gasteiger charge is -2.15. The third kappa shape index (κ3) is 2.86. The highest BCUT2D eigenvalue weighted by molar-refractivity contribution is 7.16. The maximum absolute atomic E-state index is 4.55.